The molecule has 2 aromatic rings. The summed E-state index contributed by atoms with van der Waals surface area (Å²) in [6, 6.07) is 13.3. The molecule has 23 heavy (non-hydrogen) atoms. The third-order valence-corrected chi connectivity index (χ3v) is 3.70. The molecule has 5 nitrogen and oxygen atoms in total. The largest absolute Gasteiger partial charge is 0.352 e. The molecule has 5 heteroatoms. The van der Waals surface area contributed by atoms with Gasteiger partial charge in [0.2, 0.25) is 0 Å². The Bertz CT molecular complexity index is 763. The average molecular weight is 308 g/mol. The summed E-state index contributed by atoms with van der Waals surface area (Å²) in [6.07, 6.45) is 0.837. The zero-order valence-corrected chi connectivity index (χ0v) is 12.7. The zero-order valence-electron chi connectivity index (χ0n) is 12.7. The van der Waals surface area contributed by atoms with Crippen LogP contribution in [0.15, 0.2) is 48.5 Å². The maximum absolute atomic E-state index is 12.5. The van der Waals surface area contributed by atoms with Gasteiger partial charge in [0.25, 0.3) is 17.7 Å². The Morgan fingerprint density at radius 1 is 1.00 bits per heavy atom. The van der Waals surface area contributed by atoms with Crippen LogP contribution in [0.4, 0.5) is 5.69 Å². The van der Waals surface area contributed by atoms with Gasteiger partial charge >= 0.3 is 0 Å². The second-order valence-corrected chi connectivity index (χ2v) is 5.30. The monoisotopic (exact) mass is 308 g/mol. The van der Waals surface area contributed by atoms with Gasteiger partial charge in [-0.1, -0.05) is 25.1 Å². The summed E-state index contributed by atoms with van der Waals surface area (Å²) in [5.74, 6) is -0.946. The van der Waals surface area contributed by atoms with Gasteiger partial charge in [-0.15, -0.1) is 0 Å². The Morgan fingerprint density at radius 3 is 2.26 bits per heavy atom. The number of nitrogens with zero attached hydrogens (tertiary/aromatic N) is 1. The molecule has 1 aliphatic heterocycles. The minimum absolute atomic E-state index is 0.217. The lowest BCUT2D eigenvalue weighted by Crippen LogP contribution is -2.30. The number of imide groups is 1. The van der Waals surface area contributed by atoms with E-state index in [1.807, 2.05) is 6.92 Å². The number of hydrogen-bond acceptors (Lipinski definition) is 3. The number of anilines is 1. The highest BCUT2D eigenvalue weighted by atomic mass is 16.2. The summed E-state index contributed by atoms with van der Waals surface area (Å²) in [5, 5.41) is 2.78. The third kappa shape index (κ3) is 2.61. The van der Waals surface area contributed by atoms with E-state index in [0.29, 0.717) is 28.9 Å². The highest BCUT2D eigenvalue weighted by Gasteiger charge is 2.36. The molecule has 0 aromatic heterocycles. The maximum Gasteiger partial charge on any atom is 0.266 e. The van der Waals surface area contributed by atoms with E-state index in [2.05, 4.69) is 5.32 Å². The highest BCUT2D eigenvalue weighted by Crippen LogP contribution is 2.28. The van der Waals surface area contributed by atoms with Crippen LogP contribution in [0.3, 0.4) is 0 Å². The Balaban J connectivity index is 1.93. The molecule has 3 rings (SSSR count). The van der Waals surface area contributed by atoms with Crippen molar-refractivity contribution >= 4 is 23.4 Å². The van der Waals surface area contributed by atoms with E-state index in [0.717, 1.165) is 11.3 Å². The molecule has 0 aliphatic carbocycles. The zero-order chi connectivity index (χ0) is 16.4. The Hall–Kier alpha value is -2.95. The van der Waals surface area contributed by atoms with Crippen LogP contribution in [-0.4, -0.2) is 24.3 Å². The molecule has 0 fully saturated rings. The van der Waals surface area contributed by atoms with Gasteiger partial charge < -0.3 is 5.32 Å². The van der Waals surface area contributed by atoms with Crippen molar-refractivity contribution in [3.8, 4) is 0 Å². The lowest BCUT2D eigenvalue weighted by atomic mass is 10.1. The molecule has 0 saturated carbocycles. The van der Waals surface area contributed by atoms with E-state index in [4.69, 9.17) is 0 Å². The van der Waals surface area contributed by atoms with E-state index in [9.17, 15) is 14.4 Å². The molecule has 0 bridgehead atoms. The summed E-state index contributed by atoms with van der Waals surface area (Å²) in [5.41, 5.74) is 1.60. The van der Waals surface area contributed by atoms with Gasteiger partial charge in [0, 0.05) is 12.1 Å². The fraction of sp³-hybridized carbons (Fsp3) is 0.167. The van der Waals surface area contributed by atoms with Crippen molar-refractivity contribution in [2.24, 2.45) is 0 Å². The maximum atomic E-state index is 12.5. The van der Waals surface area contributed by atoms with Crippen molar-refractivity contribution in [2.75, 3.05) is 11.4 Å². The number of amides is 3. The molecule has 2 aromatic carbocycles. The second kappa shape index (κ2) is 6.04. The lowest BCUT2D eigenvalue weighted by Gasteiger charge is -2.15. The lowest BCUT2D eigenvalue weighted by molar-refractivity contribution is 0.0919. The first-order chi connectivity index (χ1) is 11.1. The Kier molecular flexibility index (Phi) is 3.93. The van der Waals surface area contributed by atoms with Crippen LogP contribution < -0.4 is 10.2 Å². The first kappa shape index (κ1) is 15.0. The Labute approximate surface area is 133 Å². The molecule has 0 spiro atoms. The van der Waals surface area contributed by atoms with Crippen molar-refractivity contribution in [1.29, 1.82) is 0 Å². The highest BCUT2D eigenvalue weighted by molar-refractivity contribution is 6.34. The predicted molar refractivity (Wildman–Crippen MR) is 86.6 cm³/mol. The summed E-state index contributed by atoms with van der Waals surface area (Å²) in [6.45, 7) is 2.55. The molecule has 116 valence electrons. The third-order valence-electron chi connectivity index (χ3n) is 3.70. The van der Waals surface area contributed by atoms with E-state index in [1.54, 1.807) is 48.5 Å². The predicted octanol–water partition coefficient (Wildman–Crippen LogP) is 2.63. The fourth-order valence-electron chi connectivity index (χ4n) is 2.55. The topological polar surface area (TPSA) is 66.5 Å². The number of nitrogens with one attached hydrogen (secondary N) is 1. The molecule has 0 atom stereocenters. The molecule has 1 N–H and O–H groups in total. The summed E-state index contributed by atoms with van der Waals surface area (Å²) in [4.78, 5) is 38.1. The van der Waals surface area contributed by atoms with E-state index in [1.165, 1.54) is 0 Å². The molecular weight excluding hydrogens is 292 g/mol. The molecule has 1 heterocycles. The molecule has 0 unspecified atom stereocenters. The van der Waals surface area contributed by atoms with Crippen molar-refractivity contribution in [3.05, 3.63) is 65.2 Å². The van der Waals surface area contributed by atoms with Crippen LogP contribution in [0, 0.1) is 0 Å². The number of hydrogen-bond donors (Lipinski definition) is 1. The molecule has 1 aliphatic rings. The summed E-state index contributed by atoms with van der Waals surface area (Å²) in [7, 11) is 0. The van der Waals surface area contributed by atoms with Gasteiger partial charge in [-0.05, 0) is 36.8 Å². The first-order valence-electron chi connectivity index (χ1n) is 7.49. The van der Waals surface area contributed by atoms with Crippen LogP contribution in [0.5, 0.6) is 0 Å². The van der Waals surface area contributed by atoms with Crippen molar-refractivity contribution in [2.45, 2.75) is 13.3 Å². The summed E-state index contributed by atoms with van der Waals surface area (Å²) >= 11 is 0. The quantitative estimate of drug-likeness (QED) is 0.883. The standard InChI is InChI=1S/C18H16N2O3/c1-2-10-19-16(21)12-6-5-7-13(11-12)20-17(22)14-8-3-4-9-15(14)18(20)23/h3-9,11H,2,10H2,1H3,(H,19,21). The fourth-order valence-corrected chi connectivity index (χ4v) is 2.55. The molecule has 0 radical (unpaired) electrons. The van der Waals surface area contributed by atoms with Crippen molar-refractivity contribution in [3.63, 3.8) is 0 Å². The van der Waals surface area contributed by atoms with Gasteiger partial charge in [-0.25, -0.2) is 4.90 Å². The normalized spacial score (nSPS) is 13.2. The molecular formula is C18H16N2O3. The molecule has 3 amide bonds. The SMILES string of the molecule is CCCNC(=O)c1cccc(N2C(=O)c3ccccc3C2=O)c1. The number of rotatable bonds is 4. The minimum Gasteiger partial charge on any atom is -0.352 e. The number of fused-ring (bicyclic) bond motifs is 1. The van der Waals surface area contributed by atoms with E-state index in [-0.39, 0.29) is 17.7 Å². The van der Waals surface area contributed by atoms with Gasteiger partial charge in [0.15, 0.2) is 0 Å². The first-order valence-corrected chi connectivity index (χ1v) is 7.49. The van der Waals surface area contributed by atoms with Crippen LogP contribution in [0.1, 0.15) is 44.4 Å². The van der Waals surface area contributed by atoms with Crippen LogP contribution in [-0.2, 0) is 0 Å². The van der Waals surface area contributed by atoms with Gasteiger partial charge in [0.1, 0.15) is 0 Å². The van der Waals surface area contributed by atoms with Crippen molar-refractivity contribution in [1.82, 2.24) is 5.32 Å². The number of carbonyl (C=O) groups excluding carboxylic acids is 3. The Morgan fingerprint density at radius 2 is 1.65 bits per heavy atom. The summed E-state index contributed by atoms with van der Waals surface area (Å²) < 4.78 is 0. The van der Waals surface area contributed by atoms with Gasteiger partial charge in [-0.3, -0.25) is 14.4 Å². The smallest absolute Gasteiger partial charge is 0.266 e. The van der Waals surface area contributed by atoms with Crippen LogP contribution >= 0.6 is 0 Å². The van der Waals surface area contributed by atoms with Crippen molar-refractivity contribution < 1.29 is 14.4 Å². The van der Waals surface area contributed by atoms with Gasteiger partial charge in [0.05, 0.1) is 16.8 Å². The average Bonchev–Trinajstić information content (AvgIpc) is 2.84. The van der Waals surface area contributed by atoms with E-state index >= 15 is 0 Å². The van der Waals surface area contributed by atoms with Gasteiger partial charge in [-0.2, -0.15) is 0 Å². The molecule has 0 saturated heterocycles. The van der Waals surface area contributed by atoms with Crippen LogP contribution in [0.2, 0.25) is 0 Å². The number of benzene rings is 2. The number of carbonyl (C=O) groups is 3. The van der Waals surface area contributed by atoms with E-state index < -0.39 is 0 Å². The van der Waals surface area contributed by atoms with Crippen LogP contribution in [0.25, 0.3) is 0 Å². The second-order valence-electron chi connectivity index (χ2n) is 5.30. The minimum atomic E-state index is -0.364.